The summed E-state index contributed by atoms with van der Waals surface area (Å²) < 4.78 is 30.9. The number of ether oxygens (including phenoxy) is 3. The van der Waals surface area contributed by atoms with Crippen molar-refractivity contribution in [1.82, 2.24) is 15.3 Å². The molecule has 226 valence electrons. The van der Waals surface area contributed by atoms with Gasteiger partial charge in [-0.15, -0.1) is 0 Å². The monoisotopic (exact) mass is 601 g/mol. The van der Waals surface area contributed by atoms with Gasteiger partial charge in [0.2, 0.25) is 5.75 Å². The van der Waals surface area contributed by atoms with Gasteiger partial charge in [-0.25, -0.2) is 9.37 Å². The molecule has 0 bridgehead atoms. The molecule has 0 atom stereocenters. The summed E-state index contributed by atoms with van der Waals surface area (Å²) in [6.45, 7) is 2.14. The van der Waals surface area contributed by atoms with Gasteiger partial charge in [0.15, 0.2) is 11.5 Å². The van der Waals surface area contributed by atoms with Gasteiger partial charge in [-0.1, -0.05) is 60.2 Å². The molecule has 45 heavy (non-hydrogen) atoms. The third-order valence-corrected chi connectivity index (χ3v) is 7.69. The van der Waals surface area contributed by atoms with E-state index in [2.05, 4.69) is 10.3 Å². The summed E-state index contributed by atoms with van der Waals surface area (Å²) in [4.78, 5) is 22.3. The maximum atomic E-state index is 14.3. The van der Waals surface area contributed by atoms with Gasteiger partial charge < -0.3 is 24.5 Å². The van der Waals surface area contributed by atoms with E-state index in [0.29, 0.717) is 45.3 Å². The van der Waals surface area contributed by atoms with Crippen LogP contribution in [0.15, 0.2) is 91.0 Å². The molecular formula is C37H32FN3O4. The Morgan fingerprint density at radius 2 is 1.60 bits per heavy atom. The molecule has 6 aromatic rings. The highest BCUT2D eigenvalue weighted by atomic mass is 19.1. The number of para-hydroxylation sites is 1. The van der Waals surface area contributed by atoms with Crippen molar-refractivity contribution in [2.75, 3.05) is 21.3 Å². The van der Waals surface area contributed by atoms with Gasteiger partial charge in [-0.3, -0.25) is 4.79 Å². The Labute approximate surface area is 260 Å². The molecule has 0 radical (unpaired) electrons. The zero-order valence-corrected chi connectivity index (χ0v) is 25.4. The molecule has 4 aromatic carbocycles. The number of fused-ring (bicyclic) bond motifs is 3. The van der Waals surface area contributed by atoms with E-state index in [0.717, 1.165) is 32.9 Å². The number of nitrogens with one attached hydrogen (secondary N) is 2. The van der Waals surface area contributed by atoms with Crippen LogP contribution in [0.3, 0.4) is 0 Å². The lowest BCUT2D eigenvalue weighted by molar-refractivity contribution is -0.115. The number of carbonyl (C=O) groups is 1. The molecule has 0 saturated heterocycles. The smallest absolute Gasteiger partial charge is 0.252 e. The second-order valence-electron chi connectivity index (χ2n) is 10.6. The second-order valence-corrected chi connectivity index (χ2v) is 10.6. The van der Waals surface area contributed by atoms with Gasteiger partial charge >= 0.3 is 0 Å². The SMILES string of the molecule is COc1cc(/C(=C\c2ccc(C)cc2)C(=O)NCc2cc3c([nH]c4ccccc43)c(-c3cccc(F)c3)n2)cc(OC)c1OC. The Bertz CT molecular complexity index is 2040. The normalized spacial score (nSPS) is 11.5. The molecule has 2 aromatic heterocycles. The van der Waals surface area contributed by atoms with Crippen LogP contribution >= 0.6 is 0 Å². The second kappa shape index (κ2) is 12.5. The van der Waals surface area contributed by atoms with Crippen LogP contribution in [0.5, 0.6) is 17.2 Å². The maximum absolute atomic E-state index is 14.3. The number of hydrogen-bond donors (Lipinski definition) is 2. The quantitative estimate of drug-likeness (QED) is 0.131. The van der Waals surface area contributed by atoms with E-state index in [1.165, 1.54) is 33.5 Å². The maximum Gasteiger partial charge on any atom is 0.252 e. The Balaban J connectivity index is 1.41. The van der Waals surface area contributed by atoms with Gasteiger partial charge in [0.25, 0.3) is 5.91 Å². The van der Waals surface area contributed by atoms with Crippen molar-refractivity contribution in [2.45, 2.75) is 13.5 Å². The number of methoxy groups -OCH3 is 3. The van der Waals surface area contributed by atoms with E-state index in [9.17, 15) is 9.18 Å². The number of carbonyl (C=O) groups excluding carboxylic acids is 1. The topological polar surface area (TPSA) is 85.5 Å². The van der Waals surface area contributed by atoms with Gasteiger partial charge in [-0.05, 0) is 60.5 Å². The van der Waals surface area contributed by atoms with Crippen molar-refractivity contribution >= 4 is 39.4 Å². The van der Waals surface area contributed by atoms with Crippen molar-refractivity contribution in [3.8, 4) is 28.5 Å². The van der Waals surface area contributed by atoms with Gasteiger partial charge in [0, 0.05) is 27.4 Å². The van der Waals surface area contributed by atoms with Crippen LogP contribution in [0.2, 0.25) is 0 Å². The molecule has 0 unspecified atom stereocenters. The summed E-state index contributed by atoms with van der Waals surface area (Å²) in [6.07, 6.45) is 1.82. The number of aromatic nitrogens is 2. The summed E-state index contributed by atoms with van der Waals surface area (Å²) in [5.74, 6) is 0.618. The number of halogens is 1. The largest absolute Gasteiger partial charge is 0.493 e. The third kappa shape index (κ3) is 5.95. The van der Waals surface area contributed by atoms with E-state index >= 15 is 0 Å². The fourth-order valence-corrected chi connectivity index (χ4v) is 5.45. The van der Waals surface area contributed by atoms with Crippen LogP contribution in [0.1, 0.15) is 22.4 Å². The molecule has 2 heterocycles. The number of rotatable bonds is 9. The van der Waals surface area contributed by atoms with E-state index in [-0.39, 0.29) is 18.3 Å². The molecule has 0 aliphatic rings. The average molecular weight is 602 g/mol. The number of pyridine rings is 1. The fraction of sp³-hybridized carbons (Fsp3) is 0.135. The molecule has 0 fully saturated rings. The minimum absolute atomic E-state index is 0.131. The number of aryl methyl sites for hydroxylation is 1. The first-order valence-corrected chi connectivity index (χ1v) is 14.4. The highest BCUT2D eigenvalue weighted by Crippen LogP contribution is 2.40. The molecule has 8 heteroatoms. The summed E-state index contributed by atoms with van der Waals surface area (Å²) in [7, 11) is 4.60. The molecule has 2 N–H and O–H groups in total. The highest BCUT2D eigenvalue weighted by molar-refractivity contribution is 6.24. The van der Waals surface area contributed by atoms with Crippen LogP contribution in [0.4, 0.5) is 4.39 Å². The molecule has 0 saturated carbocycles. The summed E-state index contributed by atoms with van der Waals surface area (Å²) in [5.41, 5.74) is 6.56. The highest BCUT2D eigenvalue weighted by Gasteiger charge is 2.20. The zero-order chi connectivity index (χ0) is 31.5. The fourth-order valence-electron chi connectivity index (χ4n) is 5.45. The van der Waals surface area contributed by atoms with Crippen LogP contribution in [-0.4, -0.2) is 37.2 Å². The standard InChI is InChI=1S/C37H32FN3O4/c1-22-12-14-23(15-13-22)16-29(25-18-32(43-2)36(45-4)33(19-25)44-3)37(42)39-21-27-20-30-28-10-5-6-11-31(28)41-35(30)34(40-27)24-8-7-9-26(38)17-24/h5-20,41H,21H2,1-4H3,(H,39,42)/b29-16+. The number of benzene rings is 4. The summed E-state index contributed by atoms with van der Waals surface area (Å²) in [5, 5.41) is 5.01. The number of aromatic amines is 1. The molecule has 7 nitrogen and oxygen atoms in total. The molecule has 0 aliphatic heterocycles. The van der Waals surface area contributed by atoms with Crippen LogP contribution in [0, 0.1) is 12.7 Å². The van der Waals surface area contributed by atoms with Crippen LogP contribution < -0.4 is 19.5 Å². The molecule has 1 amide bonds. The molecule has 6 rings (SSSR count). The molecule has 0 spiro atoms. The van der Waals surface area contributed by atoms with Crippen molar-refractivity contribution in [3.63, 3.8) is 0 Å². The third-order valence-electron chi connectivity index (χ3n) is 7.69. The van der Waals surface area contributed by atoms with Crippen molar-refractivity contribution in [3.05, 3.63) is 119 Å². The first-order valence-electron chi connectivity index (χ1n) is 14.4. The van der Waals surface area contributed by atoms with E-state index in [4.69, 9.17) is 19.2 Å². The number of nitrogens with zero attached hydrogens (tertiary/aromatic N) is 1. The van der Waals surface area contributed by atoms with Crippen molar-refractivity contribution in [1.29, 1.82) is 0 Å². The minimum atomic E-state index is -0.353. The predicted molar refractivity (Wildman–Crippen MR) is 176 cm³/mol. The lowest BCUT2D eigenvalue weighted by Crippen LogP contribution is -2.24. The van der Waals surface area contributed by atoms with Gasteiger partial charge in [-0.2, -0.15) is 0 Å². The van der Waals surface area contributed by atoms with Crippen molar-refractivity contribution < 1.29 is 23.4 Å². The van der Waals surface area contributed by atoms with Crippen LogP contribution in [0.25, 0.3) is 44.7 Å². The summed E-state index contributed by atoms with van der Waals surface area (Å²) >= 11 is 0. The number of amides is 1. The Hall–Kier alpha value is -5.63. The summed E-state index contributed by atoms with van der Waals surface area (Å²) in [6, 6.07) is 27.7. The van der Waals surface area contributed by atoms with E-state index in [1.807, 2.05) is 73.7 Å². The predicted octanol–water partition coefficient (Wildman–Crippen LogP) is 7.71. The molecular weight excluding hydrogens is 569 g/mol. The van der Waals surface area contributed by atoms with E-state index in [1.54, 1.807) is 18.2 Å². The first-order chi connectivity index (χ1) is 21.9. The van der Waals surface area contributed by atoms with Crippen molar-refractivity contribution in [2.24, 2.45) is 0 Å². The van der Waals surface area contributed by atoms with Crippen LogP contribution in [-0.2, 0) is 11.3 Å². The van der Waals surface area contributed by atoms with Gasteiger partial charge in [0.1, 0.15) is 5.82 Å². The van der Waals surface area contributed by atoms with Gasteiger partial charge in [0.05, 0.1) is 44.8 Å². The first kappa shape index (κ1) is 29.4. The lowest BCUT2D eigenvalue weighted by atomic mass is 10.00. The zero-order valence-electron chi connectivity index (χ0n) is 25.4. The van der Waals surface area contributed by atoms with E-state index < -0.39 is 0 Å². The minimum Gasteiger partial charge on any atom is -0.493 e. The Kier molecular flexibility index (Phi) is 8.20. The lowest BCUT2D eigenvalue weighted by Gasteiger charge is -2.16. The average Bonchev–Trinajstić information content (AvgIpc) is 3.44. The molecule has 0 aliphatic carbocycles. The Morgan fingerprint density at radius 1 is 0.867 bits per heavy atom. The number of H-pyrrole nitrogens is 1. The Morgan fingerprint density at radius 3 is 2.29 bits per heavy atom. The number of hydrogen-bond acceptors (Lipinski definition) is 5.